The van der Waals surface area contributed by atoms with E-state index in [9.17, 15) is 19.2 Å². The van der Waals surface area contributed by atoms with Gasteiger partial charge in [0.05, 0.1) is 11.4 Å². The Hall–Kier alpha value is -3.72. The number of fused-ring (bicyclic) bond motifs is 1. The van der Waals surface area contributed by atoms with Crippen LogP contribution in [-0.4, -0.2) is 82.1 Å². The van der Waals surface area contributed by atoms with E-state index in [0.29, 0.717) is 29.5 Å². The summed E-state index contributed by atoms with van der Waals surface area (Å²) >= 11 is 1.26. The van der Waals surface area contributed by atoms with Crippen molar-refractivity contribution >= 4 is 52.9 Å². The maximum absolute atomic E-state index is 13.8. The first-order chi connectivity index (χ1) is 22.2. The molecular formula is C32H46N6O8S. The highest BCUT2D eigenvalue weighted by Crippen LogP contribution is 2.45. The van der Waals surface area contributed by atoms with Gasteiger partial charge < -0.3 is 24.8 Å². The quantitative estimate of drug-likeness (QED) is 0.132. The van der Waals surface area contributed by atoms with Crippen LogP contribution in [-0.2, 0) is 44.0 Å². The molecule has 2 aliphatic heterocycles. The number of methoxy groups -OCH3 is 1. The van der Waals surface area contributed by atoms with Gasteiger partial charge in [-0.1, -0.05) is 37.7 Å². The van der Waals surface area contributed by atoms with Gasteiger partial charge in [-0.05, 0) is 46.1 Å². The van der Waals surface area contributed by atoms with E-state index >= 15 is 0 Å². The molecule has 3 rings (SSSR count). The molecule has 47 heavy (non-hydrogen) atoms. The smallest absolute Gasteiger partial charge is 0.317 e. The van der Waals surface area contributed by atoms with Gasteiger partial charge in [0.15, 0.2) is 18.0 Å². The fourth-order valence-electron chi connectivity index (χ4n) is 6.32. The van der Waals surface area contributed by atoms with Gasteiger partial charge in [0, 0.05) is 50.4 Å². The number of nitrogens with two attached hydrogens (primary N) is 1. The van der Waals surface area contributed by atoms with Crippen molar-refractivity contribution in [1.82, 2.24) is 9.97 Å². The minimum Gasteiger partial charge on any atom is -0.458 e. The van der Waals surface area contributed by atoms with Crippen LogP contribution in [0.25, 0.3) is 0 Å². The number of carbonyl (C=O) groups excluding carboxylic acids is 4. The molecule has 0 aromatic carbocycles. The van der Waals surface area contributed by atoms with Gasteiger partial charge in [-0.15, -0.1) is 5.10 Å². The standard InChI is InChI=1S/C32H46N6O8S/c1-9-23-32(6)21(13-22(39)18(2)14-31(5,43-8)15-19(3)27(40)20(4)29(41)45-23)26(30(42)46-32)28(33)38-44-16-25(37-34-7)47-17-24-35-11-10-12-36-24/h10-12,18-21,23,26H,7,9,13-17H2,1-6,8H3,(H2,33,38)/b37-25-/t18-,19?,20?,21?,23+,26?,31-,32+/m1/s1. The van der Waals surface area contributed by atoms with Gasteiger partial charge in [0.2, 0.25) is 0 Å². The van der Waals surface area contributed by atoms with Gasteiger partial charge in [-0.2, -0.15) is 5.10 Å². The third kappa shape index (κ3) is 9.21. The zero-order chi connectivity index (χ0) is 34.9. The number of nitrogens with zero attached hydrogens (tertiary/aromatic N) is 5. The number of Topliss-reactive ketones (excluding diaryl/α,β-unsaturated/α-hetero) is 2. The van der Waals surface area contributed by atoms with Gasteiger partial charge in [-0.25, -0.2) is 9.97 Å². The monoisotopic (exact) mass is 674 g/mol. The molecule has 4 unspecified atom stereocenters. The van der Waals surface area contributed by atoms with Crippen molar-refractivity contribution in [2.45, 2.75) is 90.3 Å². The molecule has 0 spiro atoms. The number of rotatable bonds is 9. The van der Waals surface area contributed by atoms with Crippen LogP contribution >= 0.6 is 11.8 Å². The molecule has 2 N–H and O–H groups in total. The first kappa shape index (κ1) is 37.7. The second-order valence-electron chi connectivity index (χ2n) is 12.6. The van der Waals surface area contributed by atoms with Crippen LogP contribution in [0, 0.1) is 29.6 Å². The zero-order valence-electron chi connectivity index (χ0n) is 28.1. The first-order valence-corrected chi connectivity index (χ1v) is 16.6. The topological polar surface area (TPSA) is 194 Å². The molecule has 0 bridgehead atoms. The van der Waals surface area contributed by atoms with E-state index in [1.807, 2.05) is 6.92 Å². The van der Waals surface area contributed by atoms with Gasteiger partial charge in [-0.3, -0.25) is 19.2 Å². The van der Waals surface area contributed by atoms with Gasteiger partial charge >= 0.3 is 11.9 Å². The second-order valence-corrected chi connectivity index (χ2v) is 13.6. The Bertz CT molecular complexity index is 1380. The Morgan fingerprint density at radius 2 is 1.77 bits per heavy atom. The molecule has 3 heterocycles. The Kier molecular flexibility index (Phi) is 13.2. The summed E-state index contributed by atoms with van der Waals surface area (Å²) in [6.07, 6.45) is 3.01. The number of cyclic esters (lactones) is 1. The summed E-state index contributed by atoms with van der Waals surface area (Å²) < 4.78 is 17.6. The average molecular weight is 675 g/mol. The number of hydrogen-bond donors (Lipinski definition) is 1. The van der Waals surface area contributed by atoms with E-state index in [1.54, 1.807) is 46.2 Å². The number of amidine groups is 1. The van der Waals surface area contributed by atoms with Crippen LogP contribution in [0.4, 0.5) is 0 Å². The van der Waals surface area contributed by atoms with Crippen LogP contribution in [0.15, 0.2) is 33.8 Å². The number of oxime groups is 1. The Labute approximate surface area is 279 Å². The molecule has 14 nitrogen and oxygen atoms in total. The lowest BCUT2D eigenvalue weighted by atomic mass is 9.72. The van der Waals surface area contributed by atoms with Crippen molar-refractivity contribution in [3.63, 3.8) is 0 Å². The Morgan fingerprint density at radius 1 is 1.11 bits per heavy atom. The highest BCUT2D eigenvalue weighted by Gasteiger charge is 2.60. The van der Waals surface area contributed by atoms with Crippen molar-refractivity contribution in [3.05, 3.63) is 24.3 Å². The molecule has 15 heteroatoms. The molecule has 1 aromatic heterocycles. The zero-order valence-corrected chi connectivity index (χ0v) is 29.0. The number of esters is 2. The molecular weight excluding hydrogens is 628 g/mol. The minimum atomic E-state index is -1.46. The van der Waals surface area contributed by atoms with Crippen molar-refractivity contribution < 1.29 is 38.2 Å². The molecule has 2 aliphatic rings. The number of carbonyl (C=O) groups is 4. The second kappa shape index (κ2) is 16.4. The average Bonchev–Trinajstić information content (AvgIpc) is 3.30. The Balaban J connectivity index is 1.92. The predicted molar refractivity (Wildman–Crippen MR) is 176 cm³/mol. The van der Waals surface area contributed by atoms with Crippen LogP contribution < -0.4 is 5.73 Å². The van der Waals surface area contributed by atoms with Crippen LogP contribution in [0.5, 0.6) is 0 Å². The number of ether oxygens (including phenoxy) is 3. The van der Waals surface area contributed by atoms with E-state index in [0.717, 1.165) is 0 Å². The van der Waals surface area contributed by atoms with Crippen LogP contribution in [0.3, 0.4) is 0 Å². The summed E-state index contributed by atoms with van der Waals surface area (Å²) in [5, 5.41) is 11.9. The summed E-state index contributed by atoms with van der Waals surface area (Å²) in [5.41, 5.74) is 4.09. The van der Waals surface area contributed by atoms with Crippen molar-refractivity contribution in [2.24, 2.45) is 50.7 Å². The predicted octanol–water partition coefficient (Wildman–Crippen LogP) is 3.52. The maximum atomic E-state index is 13.8. The normalized spacial score (nSPS) is 33.0. The molecule has 258 valence electrons. The molecule has 2 saturated heterocycles. The van der Waals surface area contributed by atoms with Crippen LogP contribution in [0.2, 0.25) is 0 Å². The van der Waals surface area contributed by atoms with E-state index in [2.05, 4.69) is 32.0 Å². The molecule has 2 fully saturated rings. The number of hydrogen-bond acceptors (Lipinski definition) is 14. The summed E-state index contributed by atoms with van der Waals surface area (Å²) in [7, 11) is 1.53. The van der Waals surface area contributed by atoms with Crippen molar-refractivity contribution in [3.8, 4) is 0 Å². The molecule has 0 saturated carbocycles. The third-order valence-corrected chi connectivity index (χ3v) is 9.97. The van der Waals surface area contributed by atoms with Crippen LogP contribution in [0.1, 0.15) is 73.1 Å². The maximum Gasteiger partial charge on any atom is 0.317 e. The van der Waals surface area contributed by atoms with Crippen molar-refractivity contribution in [1.29, 1.82) is 0 Å². The third-order valence-electron chi connectivity index (χ3n) is 9.03. The fourth-order valence-corrected chi connectivity index (χ4v) is 7.02. The summed E-state index contributed by atoms with van der Waals surface area (Å²) in [6.45, 7) is 13.5. The lowest BCUT2D eigenvalue weighted by Crippen LogP contribution is -2.50. The molecule has 0 aliphatic carbocycles. The molecule has 0 radical (unpaired) electrons. The molecule has 1 aromatic rings. The SMILES string of the molecule is C=N/N=C(/CO/N=C(\N)C1C(=O)O[C@@]2(C)C1CC(=O)[C@H](C)C[C@@](C)(OC)CC(C)C(=O)C(C)C(=O)O[C@H]2CC)SCc1ncccn1. The largest absolute Gasteiger partial charge is 0.458 e. The fraction of sp³-hybridized carbons (Fsp3) is 0.656. The van der Waals surface area contributed by atoms with E-state index in [4.69, 9.17) is 24.8 Å². The number of ketones is 2. The number of thioether (sulfide) groups is 1. The summed E-state index contributed by atoms with van der Waals surface area (Å²) in [4.78, 5) is 67.7. The van der Waals surface area contributed by atoms with E-state index < -0.39 is 58.8 Å². The lowest BCUT2D eigenvalue weighted by Gasteiger charge is -2.38. The van der Waals surface area contributed by atoms with Gasteiger partial charge in [0.1, 0.15) is 40.4 Å². The highest BCUT2D eigenvalue weighted by atomic mass is 32.2. The number of aromatic nitrogens is 2. The van der Waals surface area contributed by atoms with E-state index in [1.165, 1.54) is 25.8 Å². The Morgan fingerprint density at radius 3 is 2.38 bits per heavy atom. The van der Waals surface area contributed by atoms with Gasteiger partial charge in [0.25, 0.3) is 0 Å². The summed E-state index contributed by atoms with van der Waals surface area (Å²) in [5.74, 6) is -5.36. The van der Waals surface area contributed by atoms with Crippen molar-refractivity contribution in [2.75, 3.05) is 13.7 Å². The van der Waals surface area contributed by atoms with E-state index in [-0.39, 0.29) is 36.9 Å². The molecule has 8 atom stereocenters. The minimum absolute atomic E-state index is 0.123. The summed E-state index contributed by atoms with van der Waals surface area (Å²) in [6, 6.07) is 1.71. The highest BCUT2D eigenvalue weighted by molar-refractivity contribution is 8.13. The lowest BCUT2D eigenvalue weighted by molar-refractivity contribution is -0.182. The first-order valence-electron chi connectivity index (χ1n) is 15.6. The molecule has 0 amide bonds.